The van der Waals surface area contributed by atoms with Crippen molar-refractivity contribution in [2.24, 2.45) is 0 Å². The number of imidazole rings is 1. The molecular weight excluding hydrogens is 202 g/mol. The van der Waals surface area contributed by atoms with Crippen LogP contribution in [0.25, 0.3) is 21.9 Å². The predicted molar refractivity (Wildman–Crippen MR) is 62.1 cm³/mol. The number of benzene rings is 1. The average molecular weight is 213 g/mol. The Labute approximate surface area is 92.3 Å². The van der Waals surface area contributed by atoms with Crippen LogP contribution in [0.3, 0.4) is 0 Å². The van der Waals surface area contributed by atoms with E-state index in [9.17, 15) is 0 Å². The number of nitrogens with zero attached hydrogens (tertiary/aromatic N) is 2. The molecule has 4 nitrogen and oxygen atoms in total. The molecule has 0 saturated carbocycles. The Bertz CT molecular complexity index is 645. The molecule has 0 radical (unpaired) electrons. The summed E-state index contributed by atoms with van der Waals surface area (Å²) in [6.45, 7) is 0.489. The minimum atomic E-state index is 0.489. The van der Waals surface area contributed by atoms with Gasteiger partial charge < -0.3 is 9.72 Å². The maximum atomic E-state index is 5.06. The lowest BCUT2D eigenvalue weighted by Crippen LogP contribution is -1.88. The van der Waals surface area contributed by atoms with Gasteiger partial charge in [0, 0.05) is 12.5 Å². The van der Waals surface area contributed by atoms with Crippen LogP contribution in [0.5, 0.6) is 0 Å². The van der Waals surface area contributed by atoms with Gasteiger partial charge in [0.1, 0.15) is 12.4 Å². The molecule has 1 N–H and O–H groups in total. The lowest BCUT2D eigenvalue weighted by Gasteiger charge is -1.95. The highest BCUT2D eigenvalue weighted by Crippen LogP contribution is 2.21. The fraction of sp³-hybridized carbons (Fsp3) is 0.167. The SMILES string of the molecule is COCc1nc2c(cnc3ccccc32)[nH]1. The van der Waals surface area contributed by atoms with Crippen LogP contribution < -0.4 is 0 Å². The molecule has 2 aromatic heterocycles. The molecule has 1 aromatic carbocycles. The summed E-state index contributed by atoms with van der Waals surface area (Å²) >= 11 is 0. The average Bonchev–Trinajstić information content (AvgIpc) is 2.72. The van der Waals surface area contributed by atoms with E-state index in [0.29, 0.717) is 6.61 Å². The van der Waals surface area contributed by atoms with Crippen molar-refractivity contribution in [2.75, 3.05) is 7.11 Å². The van der Waals surface area contributed by atoms with Gasteiger partial charge in [-0.15, -0.1) is 0 Å². The standard InChI is InChI=1S/C12H11N3O/c1-16-7-11-14-10-6-13-9-5-3-2-4-8(9)12(10)15-11/h2-6H,7H2,1H3,(H,14,15). The summed E-state index contributed by atoms with van der Waals surface area (Å²) in [6, 6.07) is 7.99. The summed E-state index contributed by atoms with van der Waals surface area (Å²) in [5.74, 6) is 0.829. The van der Waals surface area contributed by atoms with E-state index in [1.165, 1.54) is 0 Å². The molecule has 4 heteroatoms. The molecule has 80 valence electrons. The quantitative estimate of drug-likeness (QED) is 0.710. The number of aromatic amines is 1. The molecule has 0 aliphatic rings. The molecule has 0 atom stereocenters. The molecule has 0 saturated heterocycles. The minimum Gasteiger partial charge on any atom is -0.377 e. The Morgan fingerprint density at radius 2 is 2.19 bits per heavy atom. The third-order valence-corrected chi connectivity index (χ3v) is 2.55. The third kappa shape index (κ3) is 1.35. The van der Waals surface area contributed by atoms with Gasteiger partial charge in [0.05, 0.1) is 22.7 Å². The molecule has 2 heterocycles. The fourth-order valence-corrected chi connectivity index (χ4v) is 1.86. The molecule has 0 spiro atoms. The Morgan fingerprint density at radius 1 is 1.31 bits per heavy atom. The maximum absolute atomic E-state index is 5.06. The van der Waals surface area contributed by atoms with Gasteiger partial charge in [-0.25, -0.2) is 4.98 Å². The number of aromatic nitrogens is 3. The summed E-state index contributed by atoms with van der Waals surface area (Å²) in [4.78, 5) is 12.1. The highest BCUT2D eigenvalue weighted by molar-refractivity contribution is 6.01. The highest BCUT2D eigenvalue weighted by Gasteiger charge is 2.06. The van der Waals surface area contributed by atoms with Crippen molar-refractivity contribution >= 4 is 21.9 Å². The van der Waals surface area contributed by atoms with Gasteiger partial charge in [-0.1, -0.05) is 18.2 Å². The van der Waals surface area contributed by atoms with Crippen LogP contribution in [0, 0.1) is 0 Å². The highest BCUT2D eigenvalue weighted by atomic mass is 16.5. The van der Waals surface area contributed by atoms with Gasteiger partial charge in [0.2, 0.25) is 0 Å². The largest absolute Gasteiger partial charge is 0.377 e. The Balaban J connectivity index is 2.32. The normalized spacial score (nSPS) is 11.3. The van der Waals surface area contributed by atoms with Crippen molar-refractivity contribution in [1.82, 2.24) is 15.0 Å². The summed E-state index contributed by atoms with van der Waals surface area (Å²) in [5, 5.41) is 1.07. The number of ether oxygens (including phenoxy) is 1. The predicted octanol–water partition coefficient (Wildman–Crippen LogP) is 2.26. The van der Waals surface area contributed by atoms with Crippen molar-refractivity contribution in [1.29, 1.82) is 0 Å². The summed E-state index contributed by atoms with van der Waals surface area (Å²) in [7, 11) is 1.66. The van der Waals surface area contributed by atoms with E-state index in [2.05, 4.69) is 15.0 Å². The number of fused-ring (bicyclic) bond motifs is 3. The van der Waals surface area contributed by atoms with E-state index in [-0.39, 0.29) is 0 Å². The molecule has 3 aromatic rings. The zero-order chi connectivity index (χ0) is 11.0. The molecular formula is C12H11N3O. The summed E-state index contributed by atoms with van der Waals surface area (Å²) in [6.07, 6.45) is 1.81. The topological polar surface area (TPSA) is 50.8 Å². The van der Waals surface area contributed by atoms with Gasteiger partial charge >= 0.3 is 0 Å². The van der Waals surface area contributed by atoms with Crippen LogP contribution in [-0.4, -0.2) is 22.1 Å². The molecule has 0 fully saturated rings. The van der Waals surface area contributed by atoms with Crippen LogP contribution in [0.4, 0.5) is 0 Å². The first-order valence-corrected chi connectivity index (χ1v) is 5.10. The Morgan fingerprint density at radius 3 is 3.06 bits per heavy atom. The van der Waals surface area contributed by atoms with E-state index >= 15 is 0 Å². The van der Waals surface area contributed by atoms with Gasteiger partial charge in [0.15, 0.2) is 0 Å². The number of para-hydroxylation sites is 1. The molecule has 0 aliphatic carbocycles. The van der Waals surface area contributed by atoms with Crippen LogP contribution in [0.15, 0.2) is 30.5 Å². The van der Waals surface area contributed by atoms with Gasteiger partial charge in [0.25, 0.3) is 0 Å². The van der Waals surface area contributed by atoms with E-state index in [4.69, 9.17) is 4.74 Å². The van der Waals surface area contributed by atoms with Gasteiger partial charge in [-0.3, -0.25) is 4.98 Å². The van der Waals surface area contributed by atoms with Crippen LogP contribution in [-0.2, 0) is 11.3 Å². The zero-order valence-corrected chi connectivity index (χ0v) is 8.90. The maximum Gasteiger partial charge on any atom is 0.133 e. The van der Waals surface area contributed by atoms with Crippen LogP contribution in [0.1, 0.15) is 5.82 Å². The van der Waals surface area contributed by atoms with Crippen molar-refractivity contribution in [3.63, 3.8) is 0 Å². The first-order valence-electron chi connectivity index (χ1n) is 5.10. The minimum absolute atomic E-state index is 0.489. The number of rotatable bonds is 2. The van der Waals surface area contributed by atoms with Crippen molar-refractivity contribution in [2.45, 2.75) is 6.61 Å². The molecule has 0 bridgehead atoms. The van der Waals surface area contributed by atoms with E-state index in [1.54, 1.807) is 7.11 Å². The lowest BCUT2D eigenvalue weighted by molar-refractivity contribution is 0.179. The van der Waals surface area contributed by atoms with Gasteiger partial charge in [-0.2, -0.15) is 0 Å². The molecule has 16 heavy (non-hydrogen) atoms. The van der Waals surface area contributed by atoms with Crippen molar-refractivity contribution in [3.05, 3.63) is 36.3 Å². The number of hydrogen-bond acceptors (Lipinski definition) is 3. The number of nitrogens with one attached hydrogen (secondary N) is 1. The molecule has 0 amide bonds. The Hall–Kier alpha value is -1.94. The number of hydrogen-bond donors (Lipinski definition) is 1. The molecule has 0 aliphatic heterocycles. The monoisotopic (exact) mass is 213 g/mol. The molecule has 3 rings (SSSR count). The number of methoxy groups -OCH3 is 1. The Kier molecular flexibility index (Phi) is 2.08. The summed E-state index contributed by atoms with van der Waals surface area (Å²) < 4.78 is 5.06. The van der Waals surface area contributed by atoms with E-state index < -0.39 is 0 Å². The van der Waals surface area contributed by atoms with E-state index in [1.807, 2.05) is 30.5 Å². The summed E-state index contributed by atoms with van der Waals surface area (Å²) in [5.41, 5.74) is 2.87. The van der Waals surface area contributed by atoms with E-state index in [0.717, 1.165) is 27.8 Å². The van der Waals surface area contributed by atoms with Crippen molar-refractivity contribution < 1.29 is 4.74 Å². The van der Waals surface area contributed by atoms with Crippen LogP contribution >= 0.6 is 0 Å². The second-order valence-electron chi connectivity index (χ2n) is 3.65. The third-order valence-electron chi connectivity index (χ3n) is 2.55. The second kappa shape index (κ2) is 3.57. The molecule has 0 unspecified atom stereocenters. The number of H-pyrrole nitrogens is 1. The van der Waals surface area contributed by atoms with Gasteiger partial charge in [-0.05, 0) is 6.07 Å². The fourth-order valence-electron chi connectivity index (χ4n) is 1.86. The zero-order valence-electron chi connectivity index (χ0n) is 8.90. The second-order valence-corrected chi connectivity index (χ2v) is 3.65. The first-order chi connectivity index (χ1) is 7.88. The van der Waals surface area contributed by atoms with Crippen LogP contribution in [0.2, 0.25) is 0 Å². The van der Waals surface area contributed by atoms with Crippen molar-refractivity contribution in [3.8, 4) is 0 Å². The first kappa shape index (κ1) is 9.30. The number of pyridine rings is 1. The smallest absolute Gasteiger partial charge is 0.133 e. The lowest BCUT2D eigenvalue weighted by atomic mass is 10.2.